The Morgan fingerprint density at radius 3 is 2.96 bits per heavy atom. The fraction of sp³-hybridized carbons (Fsp3) is 0.235. The number of pyridine rings is 1. The second-order valence-electron chi connectivity index (χ2n) is 5.93. The van der Waals surface area contributed by atoms with E-state index in [1.165, 1.54) is 4.68 Å². The summed E-state index contributed by atoms with van der Waals surface area (Å²) in [6.07, 6.45) is 4.32. The van der Waals surface area contributed by atoms with E-state index in [4.69, 9.17) is 5.73 Å². The molecule has 6 heteroatoms. The van der Waals surface area contributed by atoms with Gasteiger partial charge >= 0.3 is 0 Å². The van der Waals surface area contributed by atoms with E-state index in [1.807, 2.05) is 30.5 Å². The van der Waals surface area contributed by atoms with Gasteiger partial charge < -0.3 is 10.6 Å². The number of nitrogen functional groups attached to an aromatic ring is 1. The van der Waals surface area contributed by atoms with E-state index in [0.717, 1.165) is 41.5 Å². The van der Waals surface area contributed by atoms with Crippen molar-refractivity contribution in [1.82, 2.24) is 19.7 Å². The predicted molar refractivity (Wildman–Crippen MR) is 88.1 cm³/mol. The average molecular weight is 307 g/mol. The molecule has 0 amide bonds. The number of hydrogen-bond donors (Lipinski definition) is 1. The van der Waals surface area contributed by atoms with E-state index in [9.17, 15) is 4.79 Å². The van der Waals surface area contributed by atoms with Crippen molar-refractivity contribution in [2.45, 2.75) is 13.0 Å². The van der Waals surface area contributed by atoms with Crippen molar-refractivity contribution in [2.75, 3.05) is 19.3 Å². The van der Waals surface area contributed by atoms with Gasteiger partial charge in [-0.1, -0.05) is 12.1 Å². The van der Waals surface area contributed by atoms with Crippen molar-refractivity contribution < 1.29 is 4.79 Å². The normalized spacial score (nSPS) is 14.8. The van der Waals surface area contributed by atoms with Crippen LogP contribution in [0.1, 0.15) is 21.5 Å². The van der Waals surface area contributed by atoms with Gasteiger partial charge in [0.05, 0.1) is 11.1 Å². The van der Waals surface area contributed by atoms with Crippen LogP contribution in [-0.2, 0) is 13.0 Å². The van der Waals surface area contributed by atoms with Gasteiger partial charge in [0.1, 0.15) is 0 Å². The molecule has 0 saturated carbocycles. The van der Waals surface area contributed by atoms with Gasteiger partial charge in [-0.2, -0.15) is 4.68 Å². The number of fused-ring (bicyclic) bond motifs is 2. The standard InChI is InChI=1S/C17H17N5O/c1-21-7-6-12-11(10-21)8-19-9-14(12)17(23)22-15-5-3-2-4-13(15)16(18)20-22/h2-5,8-9H,6-7,10H2,1H3,(H2,18,20). The molecule has 1 aliphatic rings. The summed E-state index contributed by atoms with van der Waals surface area (Å²) >= 11 is 0. The van der Waals surface area contributed by atoms with Gasteiger partial charge in [0.25, 0.3) is 5.91 Å². The van der Waals surface area contributed by atoms with Crippen LogP contribution in [0.15, 0.2) is 36.7 Å². The molecule has 116 valence electrons. The largest absolute Gasteiger partial charge is 0.382 e. The molecule has 23 heavy (non-hydrogen) atoms. The van der Waals surface area contributed by atoms with E-state index < -0.39 is 0 Å². The van der Waals surface area contributed by atoms with E-state index in [-0.39, 0.29) is 5.91 Å². The van der Waals surface area contributed by atoms with Crippen molar-refractivity contribution in [3.63, 3.8) is 0 Å². The summed E-state index contributed by atoms with van der Waals surface area (Å²) in [6.45, 7) is 1.74. The Labute approximate surface area is 133 Å². The van der Waals surface area contributed by atoms with E-state index in [0.29, 0.717) is 11.4 Å². The molecule has 2 N–H and O–H groups in total. The van der Waals surface area contributed by atoms with E-state index in [2.05, 4.69) is 22.0 Å². The molecule has 0 saturated heterocycles. The van der Waals surface area contributed by atoms with Gasteiger partial charge in [-0.3, -0.25) is 9.78 Å². The molecule has 0 atom stereocenters. The number of para-hydroxylation sites is 1. The highest BCUT2D eigenvalue weighted by Crippen LogP contribution is 2.24. The first kappa shape index (κ1) is 13.9. The Balaban J connectivity index is 1.85. The topological polar surface area (TPSA) is 77.0 Å². The minimum absolute atomic E-state index is 0.174. The lowest BCUT2D eigenvalue weighted by atomic mass is 9.97. The minimum atomic E-state index is -0.174. The van der Waals surface area contributed by atoms with Crippen LogP contribution in [0.2, 0.25) is 0 Å². The van der Waals surface area contributed by atoms with Crippen LogP contribution in [0.4, 0.5) is 5.82 Å². The Kier molecular flexibility index (Phi) is 3.12. The first-order valence-electron chi connectivity index (χ1n) is 7.57. The highest BCUT2D eigenvalue weighted by molar-refractivity contribution is 6.04. The third kappa shape index (κ3) is 2.19. The SMILES string of the molecule is CN1CCc2c(cncc2C(=O)n2nc(N)c3ccccc32)C1. The molecule has 0 spiro atoms. The fourth-order valence-corrected chi connectivity index (χ4v) is 3.18. The molecule has 0 aliphatic carbocycles. The first-order chi connectivity index (χ1) is 11.1. The summed E-state index contributed by atoms with van der Waals surface area (Å²) in [4.78, 5) is 19.5. The van der Waals surface area contributed by atoms with Gasteiger partial charge in [-0.25, -0.2) is 0 Å². The molecule has 0 fully saturated rings. The van der Waals surface area contributed by atoms with Crippen molar-refractivity contribution in [3.8, 4) is 0 Å². The van der Waals surface area contributed by atoms with Crippen LogP contribution in [0.3, 0.4) is 0 Å². The van der Waals surface area contributed by atoms with Crippen LogP contribution in [-0.4, -0.2) is 39.2 Å². The second-order valence-corrected chi connectivity index (χ2v) is 5.93. The monoisotopic (exact) mass is 307 g/mol. The number of likely N-dealkylation sites (N-methyl/N-ethyl adjacent to an activating group) is 1. The Bertz CT molecular complexity index is 914. The zero-order valence-electron chi connectivity index (χ0n) is 12.9. The lowest BCUT2D eigenvalue weighted by Crippen LogP contribution is -2.29. The number of carbonyl (C=O) groups is 1. The van der Waals surface area contributed by atoms with Gasteiger partial charge in [0.2, 0.25) is 0 Å². The van der Waals surface area contributed by atoms with Crippen LogP contribution in [0, 0.1) is 0 Å². The molecule has 4 rings (SSSR count). The third-order valence-electron chi connectivity index (χ3n) is 4.37. The van der Waals surface area contributed by atoms with Crippen molar-refractivity contribution >= 4 is 22.6 Å². The second kappa shape index (κ2) is 5.17. The zero-order valence-corrected chi connectivity index (χ0v) is 12.9. The maximum absolute atomic E-state index is 13.0. The van der Waals surface area contributed by atoms with Crippen molar-refractivity contribution in [3.05, 3.63) is 53.3 Å². The highest BCUT2D eigenvalue weighted by atomic mass is 16.2. The molecule has 6 nitrogen and oxygen atoms in total. The quantitative estimate of drug-likeness (QED) is 0.740. The lowest BCUT2D eigenvalue weighted by Gasteiger charge is -2.25. The molecule has 3 aromatic rings. The van der Waals surface area contributed by atoms with Gasteiger partial charge in [-0.15, -0.1) is 5.10 Å². The van der Waals surface area contributed by atoms with E-state index >= 15 is 0 Å². The van der Waals surface area contributed by atoms with Crippen molar-refractivity contribution in [1.29, 1.82) is 0 Å². The van der Waals surface area contributed by atoms with Crippen LogP contribution in [0.25, 0.3) is 10.9 Å². The Morgan fingerprint density at radius 2 is 2.09 bits per heavy atom. The molecule has 0 bridgehead atoms. The summed E-state index contributed by atoms with van der Waals surface area (Å²) in [5.41, 5.74) is 9.46. The maximum atomic E-state index is 13.0. The molecule has 2 aromatic heterocycles. The Hall–Kier alpha value is -2.73. The molecule has 0 unspecified atom stereocenters. The van der Waals surface area contributed by atoms with Crippen molar-refractivity contribution in [2.24, 2.45) is 0 Å². The number of benzene rings is 1. The van der Waals surface area contributed by atoms with Crippen LogP contribution < -0.4 is 5.73 Å². The average Bonchev–Trinajstić information content (AvgIpc) is 2.91. The first-order valence-corrected chi connectivity index (χ1v) is 7.57. The van der Waals surface area contributed by atoms with Gasteiger partial charge in [0, 0.05) is 30.9 Å². The molecular weight excluding hydrogens is 290 g/mol. The highest BCUT2D eigenvalue weighted by Gasteiger charge is 2.23. The Morgan fingerprint density at radius 1 is 1.26 bits per heavy atom. The summed E-state index contributed by atoms with van der Waals surface area (Å²) in [5.74, 6) is 0.193. The minimum Gasteiger partial charge on any atom is -0.382 e. The summed E-state index contributed by atoms with van der Waals surface area (Å²) in [6, 6.07) is 7.49. The van der Waals surface area contributed by atoms with Crippen LogP contribution >= 0.6 is 0 Å². The number of rotatable bonds is 1. The van der Waals surface area contributed by atoms with E-state index in [1.54, 1.807) is 6.20 Å². The molecule has 0 radical (unpaired) electrons. The number of nitrogens with zero attached hydrogens (tertiary/aromatic N) is 4. The third-order valence-corrected chi connectivity index (χ3v) is 4.37. The number of hydrogen-bond acceptors (Lipinski definition) is 5. The van der Waals surface area contributed by atoms with Gasteiger partial charge in [0.15, 0.2) is 5.82 Å². The molecule has 3 heterocycles. The summed E-state index contributed by atoms with van der Waals surface area (Å²) in [5, 5.41) is 5.03. The fourth-order valence-electron chi connectivity index (χ4n) is 3.18. The number of nitrogens with two attached hydrogens (primary N) is 1. The number of carbonyl (C=O) groups excluding carboxylic acids is 1. The number of anilines is 1. The summed E-state index contributed by atoms with van der Waals surface area (Å²) in [7, 11) is 2.07. The molecule has 1 aliphatic heterocycles. The summed E-state index contributed by atoms with van der Waals surface area (Å²) < 4.78 is 1.39. The predicted octanol–water partition coefficient (Wildman–Crippen LogP) is 1.69. The zero-order chi connectivity index (χ0) is 16.0. The van der Waals surface area contributed by atoms with Crippen LogP contribution in [0.5, 0.6) is 0 Å². The number of aromatic nitrogens is 3. The molecular formula is C17H17N5O. The lowest BCUT2D eigenvalue weighted by molar-refractivity contribution is 0.0948. The maximum Gasteiger partial charge on any atom is 0.280 e. The molecule has 1 aromatic carbocycles. The smallest absolute Gasteiger partial charge is 0.280 e. The van der Waals surface area contributed by atoms with Gasteiger partial charge in [-0.05, 0) is 36.7 Å².